The number of rotatable bonds is 4. The van der Waals surface area contributed by atoms with Crippen molar-refractivity contribution in [3.8, 4) is 5.75 Å². The van der Waals surface area contributed by atoms with Gasteiger partial charge in [-0.1, -0.05) is 18.2 Å². The third-order valence-corrected chi connectivity index (χ3v) is 3.56. The molecule has 2 rings (SSSR count). The van der Waals surface area contributed by atoms with Gasteiger partial charge in [0.05, 0.1) is 18.4 Å². The largest absolute Gasteiger partial charge is 0.495 e. The first-order chi connectivity index (χ1) is 9.61. The summed E-state index contributed by atoms with van der Waals surface area (Å²) in [5, 5.41) is 2.86. The molecule has 0 unspecified atom stereocenters. The lowest BCUT2D eigenvalue weighted by Gasteiger charge is -2.09. The minimum Gasteiger partial charge on any atom is -0.495 e. The van der Waals surface area contributed by atoms with Crippen LogP contribution in [0.5, 0.6) is 5.75 Å². The van der Waals surface area contributed by atoms with Crippen LogP contribution in [0.15, 0.2) is 46.9 Å². The number of ether oxygens (including phenoxy) is 1. The van der Waals surface area contributed by atoms with E-state index in [0.717, 1.165) is 10.0 Å². The molecule has 0 aliphatic carbocycles. The maximum atomic E-state index is 12.0. The minimum absolute atomic E-state index is 0.133. The zero-order chi connectivity index (χ0) is 14.5. The van der Waals surface area contributed by atoms with Crippen LogP contribution in [0.25, 0.3) is 0 Å². The second kappa shape index (κ2) is 6.43. The number of benzene rings is 2. The number of halogens is 1. The first-order valence-corrected chi connectivity index (χ1v) is 6.86. The molecule has 0 aliphatic heterocycles. The normalized spacial score (nSPS) is 10.1. The van der Waals surface area contributed by atoms with Crippen molar-refractivity contribution in [1.82, 2.24) is 5.32 Å². The van der Waals surface area contributed by atoms with Gasteiger partial charge in [-0.3, -0.25) is 4.79 Å². The van der Waals surface area contributed by atoms with Crippen molar-refractivity contribution < 1.29 is 9.53 Å². The Morgan fingerprint density at radius 2 is 2.05 bits per heavy atom. The second-order valence-electron chi connectivity index (χ2n) is 4.24. The Labute approximate surface area is 126 Å². The summed E-state index contributed by atoms with van der Waals surface area (Å²) in [6.45, 7) is 0.411. The highest BCUT2D eigenvalue weighted by molar-refractivity contribution is 9.10. The molecule has 4 nitrogen and oxygen atoms in total. The predicted molar refractivity (Wildman–Crippen MR) is 82.7 cm³/mol. The van der Waals surface area contributed by atoms with E-state index < -0.39 is 0 Å². The van der Waals surface area contributed by atoms with Crippen molar-refractivity contribution in [3.05, 3.63) is 58.1 Å². The molecule has 20 heavy (non-hydrogen) atoms. The summed E-state index contributed by atoms with van der Waals surface area (Å²) in [5.41, 5.74) is 7.91. The van der Waals surface area contributed by atoms with Gasteiger partial charge in [0.1, 0.15) is 5.75 Å². The number of nitrogens with two attached hydrogens (primary N) is 1. The lowest BCUT2D eigenvalue weighted by Crippen LogP contribution is -2.23. The molecule has 1 amide bonds. The predicted octanol–water partition coefficient (Wildman–Crippen LogP) is 2.97. The highest BCUT2D eigenvalue weighted by Crippen LogP contribution is 2.22. The number of anilines is 1. The van der Waals surface area contributed by atoms with E-state index in [1.54, 1.807) is 25.3 Å². The molecule has 0 atom stereocenters. The van der Waals surface area contributed by atoms with Crippen LogP contribution in [0.1, 0.15) is 15.9 Å². The molecule has 0 spiro atoms. The van der Waals surface area contributed by atoms with Gasteiger partial charge in [0.15, 0.2) is 0 Å². The Bertz CT molecular complexity index is 629. The zero-order valence-electron chi connectivity index (χ0n) is 11.0. The minimum atomic E-state index is -0.133. The van der Waals surface area contributed by atoms with E-state index in [-0.39, 0.29) is 5.91 Å². The van der Waals surface area contributed by atoms with Crippen molar-refractivity contribution in [2.75, 3.05) is 12.8 Å². The Morgan fingerprint density at radius 1 is 1.30 bits per heavy atom. The Kier molecular flexibility index (Phi) is 4.63. The molecule has 0 aliphatic rings. The van der Waals surface area contributed by atoms with Gasteiger partial charge in [-0.15, -0.1) is 0 Å². The summed E-state index contributed by atoms with van der Waals surface area (Å²) in [5.74, 6) is 0.498. The molecule has 5 heteroatoms. The third kappa shape index (κ3) is 3.30. The average molecular weight is 335 g/mol. The molecule has 2 aromatic carbocycles. The summed E-state index contributed by atoms with van der Waals surface area (Å²) in [6.07, 6.45) is 0. The average Bonchev–Trinajstić information content (AvgIpc) is 2.45. The fourth-order valence-corrected chi connectivity index (χ4v) is 2.28. The van der Waals surface area contributed by atoms with Gasteiger partial charge in [0, 0.05) is 11.0 Å². The number of hydrogen-bond acceptors (Lipinski definition) is 3. The summed E-state index contributed by atoms with van der Waals surface area (Å²) in [6, 6.07) is 12.7. The first kappa shape index (κ1) is 14.4. The lowest BCUT2D eigenvalue weighted by atomic mass is 10.1. The van der Waals surface area contributed by atoms with Crippen LogP contribution in [0, 0.1) is 0 Å². The number of hydrogen-bond donors (Lipinski definition) is 2. The van der Waals surface area contributed by atoms with Gasteiger partial charge in [-0.2, -0.15) is 0 Å². The van der Waals surface area contributed by atoms with Crippen LogP contribution >= 0.6 is 15.9 Å². The molecule has 2 aromatic rings. The summed E-state index contributed by atoms with van der Waals surface area (Å²) in [7, 11) is 1.57. The number of methoxy groups -OCH3 is 1. The molecule has 0 saturated heterocycles. The maximum absolute atomic E-state index is 12.0. The Morgan fingerprint density at radius 3 is 2.70 bits per heavy atom. The second-order valence-corrected chi connectivity index (χ2v) is 5.09. The molecule has 3 N–H and O–H groups in total. The lowest BCUT2D eigenvalue weighted by molar-refractivity contribution is 0.0950. The number of amides is 1. The Balaban J connectivity index is 2.04. The van der Waals surface area contributed by atoms with Gasteiger partial charge in [0.2, 0.25) is 0 Å². The van der Waals surface area contributed by atoms with Crippen molar-refractivity contribution in [3.63, 3.8) is 0 Å². The van der Waals surface area contributed by atoms with Crippen molar-refractivity contribution >= 4 is 27.5 Å². The smallest absolute Gasteiger partial charge is 0.252 e. The first-order valence-electron chi connectivity index (χ1n) is 6.07. The monoisotopic (exact) mass is 334 g/mol. The molecule has 0 saturated carbocycles. The van der Waals surface area contributed by atoms with Crippen LogP contribution in [0.3, 0.4) is 0 Å². The van der Waals surface area contributed by atoms with E-state index in [1.807, 2.05) is 24.3 Å². The molecule has 0 bridgehead atoms. The van der Waals surface area contributed by atoms with E-state index in [9.17, 15) is 4.79 Å². The van der Waals surface area contributed by atoms with E-state index in [2.05, 4.69) is 21.2 Å². The molecule has 0 radical (unpaired) electrons. The molecule has 0 heterocycles. The van der Waals surface area contributed by atoms with Crippen molar-refractivity contribution in [1.29, 1.82) is 0 Å². The molecular weight excluding hydrogens is 320 g/mol. The highest BCUT2D eigenvalue weighted by atomic mass is 79.9. The van der Waals surface area contributed by atoms with Crippen LogP contribution in [-0.2, 0) is 6.54 Å². The van der Waals surface area contributed by atoms with E-state index in [1.165, 1.54) is 0 Å². The SMILES string of the molecule is COc1ccc(CNC(=O)c2ccccc2Br)cc1N. The topological polar surface area (TPSA) is 64.3 Å². The molecule has 104 valence electrons. The van der Waals surface area contributed by atoms with Crippen molar-refractivity contribution in [2.24, 2.45) is 0 Å². The van der Waals surface area contributed by atoms with Gasteiger partial charge in [-0.05, 0) is 45.8 Å². The van der Waals surface area contributed by atoms with Gasteiger partial charge in [-0.25, -0.2) is 0 Å². The summed E-state index contributed by atoms with van der Waals surface area (Å²) >= 11 is 3.36. The number of nitrogen functional groups attached to an aromatic ring is 1. The maximum Gasteiger partial charge on any atom is 0.252 e. The molecule has 0 fully saturated rings. The number of carbonyl (C=O) groups is 1. The van der Waals surface area contributed by atoms with E-state index in [0.29, 0.717) is 23.5 Å². The van der Waals surface area contributed by atoms with Crippen LogP contribution in [0.4, 0.5) is 5.69 Å². The fourth-order valence-electron chi connectivity index (χ4n) is 1.82. The van der Waals surface area contributed by atoms with Crippen LogP contribution in [-0.4, -0.2) is 13.0 Å². The molecule has 0 aromatic heterocycles. The highest BCUT2D eigenvalue weighted by Gasteiger charge is 2.09. The van der Waals surface area contributed by atoms with E-state index in [4.69, 9.17) is 10.5 Å². The zero-order valence-corrected chi connectivity index (χ0v) is 12.6. The summed E-state index contributed by atoms with van der Waals surface area (Å²) in [4.78, 5) is 12.0. The van der Waals surface area contributed by atoms with Gasteiger partial charge < -0.3 is 15.8 Å². The van der Waals surface area contributed by atoms with E-state index >= 15 is 0 Å². The number of nitrogens with one attached hydrogen (secondary N) is 1. The Hall–Kier alpha value is -2.01. The quantitative estimate of drug-likeness (QED) is 0.845. The number of carbonyl (C=O) groups excluding carboxylic acids is 1. The fraction of sp³-hybridized carbons (Fsp3) is 0.133. The van der Waals surface area contributed by atoms with Crippen molar-refractivity contribution in [2.45, 2.75) is 6.54 Å². The van der Waals surface area contributed by atoms with Gasteiger partial charge >= 0.3 is 0 Å². The van der Waals surface area contributed by atoms with Crippen LogP contribution in [0.2, 0.25) is 0 Å². The molecular formula is C15H15BrN2O2. The van der Waals surface area contributed by atoms with Gasteiger partial charge in [0.25, 0.3) is 5.91 Å². The standard InChI is InChI=1S/C15H15BrN2O2/c1-20-14-7-6-10(8-13(14)17)9-18-15(19)11-4-2-3-5-12(11)16/h2-8H,9,17H2,1H3,(H,18,19). The van der Waals surface area contributed by atoms with Crippen LogP contribution < -0.4 is 15.8 Å². The third-order valence-electron chi connectivity index (χ3n) is 2.87. The summed E-state index contributed by atoms with van der Waals surface area (Å²) < 4.78 is 5.86.